The van der Waals surface area contributed by atoms with Crippen molar-refractivity contribution in [1.29, 1.82) is 0 Å². The third-order valence-electron chi connectivity index (χ3n) is 2.67. The molecule has 0 saturated carbocycles. The van der Waals surface area contributed by atoms with Crippen molar-refractivity contribution in [3.05, 3.63) is 11.8 Å². The van der Waals surface area contributed by atoms with E-state index in [1.54, 1.807) is 11.8 Å². The Hall–Kier alpha value is -1.57. The summed E-state index contributed by atoms with van der Waals surface area (Å²) in [6.45, 7) is 4.27. The van der Waals surface area contributed by atoms with Gasteiger partial charge >= 0.3 is 6.18 Å². The summed E-state index contributed by atoms with van der Waals surface area (Å²) < 4.78 is 43.6. The van der Waals surface area contributed by atoms with Crippen molar-refractivity contribution in [3.63, 3.8) is 0 Å². The minimum absolute atomic E-state index is 0.00110. The van der Waals surface area contributed by atoms with Crippen LogP contribution in [-0.4, -0.2) is 42.8 Å². The molecule has 0 aliphatic carbocycles. The molecule has 106 valence electrons. The maximum absolute atomic E-state index is 12.8. The van der Waals surface area contributed by atoms with Crippen LogP contribution in [0.25, 0.3) is 0 Å². The fourth-order valence-corrected chi connectivity index (χ4v) is 1.77. The van der Waals surface area contributed by atoms with Gasteiger partial charge in [0.15, 0.2) is 5.69 Å². The van der Waals surface area contributed by atoms with Gasteiger partial charge in [-0.25, -0.2) is 4.98 Å². The molecule has 0 unspecified atom stereocenters. The zero-order valence-electron chi connectivity index (χ0n) is 10.5. The van der Waals surface area contributed by atoms with Crippen LogP contribution in [0.1, 0.15) is 12.6 Å². The van der Waals surface area contributed by atoms with E-state index in [9.17, 15) is 13.2 Å². The number of alkyl halides is 3. The second-order valence-electron chi connectivity index (χ2n) is 4.06. The van der Waals surface area contributed by atoms with Crippen LogP contribution in [-0.2, 0) is 10.9 Å². The molecule has 1 aliphatic rings. The van der Waals surface area contributed by atoms with Gasteiger partial charge in [-0.3, -0.25) is 0 Å². The number of morpholine rings is 1. The zero-order chi connectivity index (χ0) is 13.9. The van der Waals surface area contributed by atoms with Gasteiger partial charge in [0.1, 0.15) is 5.82 Å². The smallest absolute Gasteiger partial charge is 0.378 e. The molecule has 1 saturated heterocycles. The third-order valence-corrected chi connectivity index (χ3v) is 2.67. The Kier molecular flexibility index (Phi) is 4.08. The standard InChI is InChI=1S/C11H15F3N4O/c1-2-15-10-16-8(11(12,13)14)7-9(17-10)18-3-5-19-6-4-18/h7H,2-6H2,1H3,(H,15,16,17). The highest BCUT2D eigenvalue weighted by molar-refractivity contribution is 5.45. The van der Waals surface area contributed by atoms with Gasteiger partial charge < -0.3 is 15.0 Å². The first kappa shape index (κ1) is 13.9. The number of hydrogen-bond acceptors (Lipinski definition) is 5. The number of nitrogens with one attached hydrogen (secondary N) is 1. The lowest BCUT2D eigenvalue weighted by molar-refractivity contribution is -0.141. The molecular formula is C11H15F3N4O. The summed E-state index contributed by atoms with van der Waals surface area (Å²) in [4.78, 5) is 9.36. The summed E-state index contributed by atoms with van der Waals surface area (Å²) in [7, 11) is 0. The molecule has 19 heavy (non-hydrogen) atoms. The second kappa shape index (κ2) is 5.60. The molecular weight excluding hydrogens is 261 g/mol. The Bertz CT molecular complexity index is 432. The van der Waals surface area contributed by atoms with Gasteiger partial charge in [0, 0.05) is 25.7 Å². The van der Waals surface area contributed by atoms with Gasteiger partial charge in [-0.2, -0.15) is 18.2 Å². The van der Waals surface area contributed by atoms with Crippen molar-refractivity contribution >= 4 is 11.8 Å². The van der Waals surface area contributed by atoms with Gasteiger partial charge in [-0.1, -0.05) is 0 Å². The van der Waals surface area contributed by atoms with E-state index in [1.165, 1.54) is 0 Å². The molecule has 1 aromatic rings. The van der Waals surface area contributed by atoms with Crippen LogP contribution in [0.15, 0.2) is 6.07 Å². The van der Waals surface area contributed by atoms with Gasteiger partial charge in [-0.05, 0) is 6.92 Å². The van der Waals surface area contributed by atoms with E-state index in [4.69, 9.17) is 4.74 Å². The van der Waals surface area contributed by atoms with Crippen LogP contribution in [0.2, 0.25) is 0 Å². The van der Waals surface area contributed by atoms with E-state index < -0.39 is 11.9 Å². The lowest BCUT2D eigenvalue weighted by atomic mass is 10.3. The first-order valence-electron chi connectivity index (χ1n) is 6.03. The number of hydrogen-bond donors (Lipinski definition) is 1. The van der Waals surface area contributed by atoms with Gasteiger partial charge in [0.25, 0.3) is 0 Å². The highest BCUT2D eigenvalue weighted by Gasteiger charge is 2.34. The number of anilines is 2. The van der Waals surface area contributed by atoms with E-state index in [-0.39, 0.29) is 11.8 Å². The normalized spacial score (nSPS) is 16.5. The summed E-state index contributed by atoms with van der Waals surface area (Å²) in [5, 5.41) is 2.72. The minimum Gasteiger partial charge on any atom is -0.378 e. The Labute approximate surface area is 108 Å². The van der Waals surface area contributed by atoms with E-state index >= 15 is 0 Å². The fourth-order valence-electron chi connectivity index (χ4n) is 1.77. The van der Waals surface area contributed by atoms with Crippen LogP contribution in [0, 0.1) is 0 Å². The topological polar surface area (TPSA) is 50.3 Å². The molecule has 5 nitrogen and oxygen atoms in total. The summed E-state index contributed by atoms with van der Waals surface area (Å²) in [6, 6.07) is 0.978. The average Bonchev–Trinajstić information content (AvgIpc) is 2.39. The number of ether oxygens (including phenoxy) is 1. The zero-order valence-corrected chi connectivity index (χ0v) is 10.5. The third kappa shape index (κ3) is 3.46. The molecule has 0 amide bonds. The molecule has 1 fully saturated rings. The Morgan fingerprint density at radius 3 is 2.58 bits per heavy atom. The van der Waals surface area contributed by atoms with E-state index in [2.05, 4.69) is 15.3 Å². The molecule has 0 aromatic carbocycles. The number of aromatic nitrogens is 2. The van der Waals surface area contributed by atoms with Crippen LogP contribution >= 0.6 is 0 Å². The molecule has 0 radical (unpaired) electrons. The van der Waals surface area contributed by atoms with Gasteiger partial charge in [0.2, 0.25) is 5.95 Å². The van der Waals surface area contributed by atoms with Crippen molar-refractivity contribution in [2.45, 2.75) is 13.1 Å². The highest BCUT2D eigenvalue weighted by Crippen LogP contribution is 2.30. The van der Waals surface area contributed by atoms with Crippen molar-refractivity contribution in [1.82, 2.24) is 9.97 Å². The van der Waals surface area contributed by atoms with Crippen LogP contribution in [0.3, 0.4) is 0 Å². The quantitative estimate of drug-likeness (QED) is 0.911. The van der Waals surface area contributed by atoms with E-state index in [1.807, 2.05) is 0 Å². The molecule has 2 heterocycles. The highest BCUT2D eigenvalue weighted by atomic mass is 19.4. The SMILES string of the molecule is CCNc1nc(N2CCOCC2)cc(C(F)(F)F)n1. The van der Waals surface area contributed by atoms with Crippen molar-refractivity contribution in [2.24, 2.45) is 0 Å². The monoisotopic (exact) mass is 276 g/mol. The predicted molar refractivity (Wildman–Crippen MR) is 64.2 cm³/mol. The molecule has 0 bridgehead atoms. The molecule has 2 rings (SSSR count). The number of nitrogens with zero attached hydrogens (tertiary/aromatic N) is 3. The number of rotatable bonds is 3. The maximum Gasteiger partial charge on any atom is 0.433 e. The molecule has 0 atom stereocenters. The molecule has 0 spiro atoms. The van der Waals surface area contributed by atoms with Gasteiger partial charge in [0.05, 0.1) is 13.2 Å². The lowest BCUT2D eigenvalue weighted by Crippen LogP contribution is -2.37. The van der Waals surface area contributed by atoms with E-state index in [0.29, 0.717) is 32.8 Å². The fraction of sp³-hybridized carbons (Fsp3) is 0.636. The van der Waals surface area contributed by atoms with Crippen molar-refractivity contribution in [2.75, 3.05) is 43.1 Å². The molecule has 8 heteroatoms. The lowest BCUT2D eigenvalue weighted by Gasteiger charge is -2.28. The Balaban J connectivity index is 2.33. The van der Waals surface area contributed by atoms with Crippen LogP contribution < -0.4 is 10.2 Å². The summed E-state index contributed by atoms with van der Waals surface area (Å²) in [5.41, 5.74) is -0.931. The minimum atomic E-state index is -4.48. The molecule has 1 aliphatic heterocycles. The summed E-state index contributed by atoms with van der Waals surface area (Å²) in [6.07, 6.45) is -4.48. The molecule has 1 N–H and O–H groups in total. The largest absolute Gasteiger partial charge is 0.433 e. The molecule has 1 aromatic heterocycles. The average molecular weight is 276 g/mol. The maximum atomic E-state index is 12.8. The second-order valence-corrected chi connectivity index (χ2v) is 4.06. The summed E-state index contributed by atoms with van der Waals surface area (Å²) >= 11 is 0. The van der Waals surface area contributed by atoms with Crippen molar-refractivity contribution < 1.29 is 17.9 Å². The Morgan fingerprint density at radius 1 is 1.32 bits per heavy atom. The number of halogens is 3. The van der Waals surface area contributed by atoms with Gasteiger partial charge in [-0.15, -0.1) is 0 Å². The first-order valence-corrected chi connectivity index (χ1v) is 6.03. The van der Waals surface area contributed by atoms with Crippen LogP contribution in [0.4, 0.5) is 24.9 Å². The van der Waals surface area contributed by atoms with E-state index in [0.717, 1.165) is 6.07 Å². The first-order chi connectivity index (χ1) is 9.00. The summed E-state index contributed by atoms with van der Waals surface area (Å²) in [5.74, 6) is 0.278. The van der Waals surface area contributed by atoms with Crippen LogP contribution in [0.5, 0.6) is 0 Å². The van der Waals surface area contributed by atoms with Crippen molar-refractivity contribution in [3.8, 4) is 0 Å². The predicted octanol–water partition coefficient (Wildman–Crippen LogP) is 1.76. The Morgan fingerprint density at radius 2 is 2.00 bits per heavy atom.